The number of amides is 2. The molecule has 1 saturated heterocycles. The van der Waals surface area contributed by atoms with Crippen molar-refractivity contribution in [3.05, 3.63) is 53.1 Å². The van der Waals surface area contributed by atoms with E-state index < -0.39 is 17.8 Å². The van der Waals surface area contributed by atoms with Crippen molar-refractivity contribution < 1.29 is 23.5 Å². The summed E-state index contributed by atoms with van der Waals surface area (Å²) in [5.74, 6) is -1.84. The van der Waals surface area contributed by atoms with Gasteiger partial charge in [0.15, 0.2) is 5.82 Å². The molecule has 1 aliphatic rings. The summed E-state index contributed by atoms with van der Waals surface area (Å²) in [5, 5.41) is 2.54. The predicted molar refractivity (Wildman–Crippen MR) is 112 cm³/mol. The van der Waals surface area contributed by atoms with Crippen molar-refractivity contribution in [1.82, 2.24) is 20.2 Å². The number of ether oxygens (including phenoxy) is 2. The average molecular weight is 449 g/mol. The lowest BCUT2D eigenvalue weighted by Crippen LogP contribution is -2.48. The van der Waals surface area contributed by atoms with Crippen LogP contribution in [0.1, 0.15) is 29.1 Å². The van der Waals surface area contributed by atoms with E-state index >= 15 is 4.39 Å². The van der Waals surface area contributed by atoms with Crippen molar-refractivity contribution >= 4 is 23.4 Å². The molecule has 2 aromatic heterocycles. The summed E-state index contributed by atoms with van der Waals surface area (Å²) >= 11 is 6.24. The summed E-state index contributed by atoms with van der Waals surface area (Å²) in [6, 6.07) is 4.17. The van der Waals surface area contributed by atoms with E-state index in [0.717, 1.165) is 0 Å². The Kier molecular flexibility index (Phi) is 6.87. The molecule has 8 nitrogen and oxygen atoms in total. The first-order valence-electron chi connectivity index (χ1n) is 9.49. The Morgan fingerprint density at radius 2 is 2.13 bits per heavy atom. The standard InChI is InChI=1S/C21H22ClFN4O4/c1-5-17(28)27-6-7-31-19(11(27)2)12-8-14(25-16(22)9-12)13-10-15(20(29)24-3)26-21(30-4)18(13)23/h5,8-11,19H,1,6-7H2,2-4H3,(H,24,29)/t11-,19+/m1/s1. The van der Waals surface area contributed by atoms with E-state index in [-0.39, 0.29) is 39.9 Å². The van der Waals surface area contributed by atoms with E-state index in [4.69, 9.17) is 21.1 Å². The molecule has 0 spiro atoms. The van der Waals surface area contributed by atoms with Crippen molar-refractivity contribution in [3.8, 4) is 17.1 Å². The van der Waals surface area contributed by atoms with Gasteiger partial charge in [-0.1, -0.05) is 18.2 Å². The number of morpholine rings is 1. The van der Waals surface area contributed by atoms with Crippen LogP contribution in [0.4, 0.5) is 4.39 Å². The number of nitrogens with one attached hydrogen (secondary N) is 1. The lowest BCUT2D eigenvalue weighted by molar-refractivity contribution is -0.140. The fourth-order valence-corrected chi connectivity index (χ4v) is 3.70. The molecule has 0 saturated carbocycles. The van der Waals surface area contributed by atoms with Gasteiger partial charge in [-0.05, 0) is 36.8 Å². The van der Waals surface area contributed by atoms with E-state index in [1.807, 2.05) is 6.92 Å². The third-order valence-corrected chi connectivity index (χ3v) is 5.21. The zero-order valence-electron chi connectivity index (χ0n) is 17.3. The molecule has 164 valence electrons. The second-order valence-electron chi connectivity index (χ2n) is 6.83. The van der Waals surface area contributed by atoms with E-state index in [1.165, 1.54) is 26.3 Å². The van der Waals surface area contributed by atoms with Gasteiger partial charge in [-0.15, -0.1) is 0 Å². The van der Waals surface area contributed by atoms with Crippen LogP contribution in [0, 0.1) is 5.82 Å². The van der Waals surface area contributed by atoms with Crippen molar-refractivity contribution in [2.75, 3.05) is 27.3 Å². The third-order valence-electron chi connectivity index (χ3n) is 5.02. The first-order valence-corrected chi connectivity index (χ1v) is 9.87. The molecule has 2 atom stereocenters. The summed E-state index contributed by atoms with van der Waals surface area (Å²) in [5.41, 5.74) is 0.746. The third kappa shape index (κ3) is 4.52. The van der Waals surface area contributed by atoms with Crippen molar-refractivity contribution in [2.24, 2.45) is 0 Å². The predicted octanol–water partition coefficient (Wildman–Crippen LogP) is 2.78. The zero-order valence-corrected chi connectivity index (χ0v) is 18.1. The fraction of sp³-hybridized carbons (Fsp3) is 0.333. The highest BCUT2D eigenvalue weighted by molar-refractivity contribution is 6.29. The van der Waals surface area contributed by atoms with Crippen LogP contribution in [0.25, 0.3) is 11.3 Å². The molecular weight excluding hydrogens is 427 g/mol. The Morgan fingerprint density at radius 1 is 1.39 bits per heavy atom. The van der Waals surface area contributed by atoms with Gasteiger partial charge in [0.2, 0.25) is 5.91 Å². The molecule has 1 fully saturated rings. The number of nitrogens with zero attached hydrogens (tertiary/aromatic N) is 3. The molecule has 0 unspecified atom stereocenters. The Hall–Kier alpha value is -3.04. The number of rotatable bonds is 5. The van der Waals surface area contributed by atoms with Gasteiger partial charge >= 0.3 is 0 Å². The highest BCUT2D eigenvalue weighted by Gasteiger charge is 2.33. The van der Waals surface area contributed by atoms with Gasteiger partial charge in [-0.25, -0.2) is 14.4 Å². The smallest absolute Gasteiger partial charge is 0.269 e. The van der Waals surface area contributed by atoms with E-state index in [9.17, 15) is 9.59 Å². The first-order chi connectivity index (χ1) is 14.8. The molecule has 2 amide bonds. The van der Waals surface area contributed by atoms with Crippen LogP contribution in [0.5, 0.6) is 5.88 Å². The van der Waals surface area contributed by atoms with Crippen LogP contribution < -0.4 is 10.1 Å². The summed E-state index contributed by atoms with van der Waals surface area (Å²) in [6.45, 7) is 6.13. The highest BCUT2D eigenvalue weighted by atomic mass is 35.5. The lowest BCUT2D eigenvalue weighted by Gasteiger charge is -2.39. The molecule has 1 N–H and O–H groups in total. The molecule has 1 aliphatic heterocycles. The molecule has 2 aromatic rings. The number of hydrogen-bond acceptors (Lipinski definition) is 6. The van der Waals surface area contributed by atoms with Gasteiger partial charge in [0.05, 0.1) is 25.5 Å². The molecule has 3 heterocycles. The highest BCUT2D eigenvalue weighted by Crippen LogP contribution is 2.34. The summed E-state index contributed by atoms with van der Waals surface area (Å²) < 4.78 is 25.9. The van der Waals surface area contributed by atoms with Gasteiger partial charge in [0, 0.05) is 19.2 Å². The topological polar surface area (TPSA) is 93.7 Å². The largest absolute Gasteiger partial charge is 0.479 e. The number of pyridine rings is 2. The van der Waals surface area contributed by atoms with Crippen LogP contribution in [0.2, 0.25) is 5.15 Å². The average Bonchev–Trinajstić information content (AvgIpc) is 2.77. The first kappa shape index (κ1) is 22.6. The minimum Gasteiger partial charge on any atom is -0.479 e. The molecule has 10 heteroatoms. The maximum Gasteiger partial charge on any atom is 0.269 e. The normalized spacial score (nSPS) is 18.4. The Morgan fingerprint density at radius 3 is 2.77 bits per heavy atom. The molecule has 31 heavy (non-hydrogen) atoms. The van der Waals surface area contributed by atoms with Crippen molar-refractivity contribution in [2.45, 2.75) is 19.1 Å². The van der Waals surface area contributed by atoms with Gasteiger partial charge in [-0.3, -0.25) is 9.59 Å². The second-order valence-corrected chi connectivity index (χ2v) is 7.22. The molecule has 3 rings (SSSR count). The summed E-state index contributed by atoms with van der Waals surface area (Å²) in [6.07, 6.45) is 0.741. The van der Waals surface area contributed by atoms with E-state index in [1.54, 1.807) is 17.0 Å². The monoisotopic (exact) mass is 448 g/mol. The maximum atomic E-state index is 15.0. The lowest BCUT2D eigenvalue weighted by atomic mass is 9.99. The minimum atomic E-state index is -0.781. The van der Waals surface area contributed by atoms with Crippen LogP contribution >= 0.6 is 11.6 Å². The van der Waals surface area contributed by atoms with Crippen LogP contribution in [-0.4, -0.2) is 60.0 Å². The number of halogens is 2. The Balaban J connectivity index is 2.09. The SMILES string of the molecule is C=CC(=O)N1CCO[C@H](c2cc(Cl)nc(-c3cc(C(=O)NC)nc(OC)c3F)c2)[C@H]1C. The number of methoxy groups -OCH3 is 1. The van der Waals surface area contributed by atoms with E-state index in [2.05, 4.69) is 21.9 Å². The number of carbonyl (C=O) groups excluding carboxylic acids is 2. The summed E-state index contributed by atoms with van der Waals surface area (Å²) in [7, 11) is 2.69. The molecule has 0 aromatic carbocycles. The molecule has 0 radical (unpaired) electrons. The fourth-order valence-electron chi connectivity index (χ4n) is 3.48. The Bertz CT molecular complexity index is 1030. The zero-order chi connectivity index (χ0) is 22.7. The Labute approximate surface area is 184 Å². The van der Waals surface area contributed by atoms with Gasteiger partial charge in [0.1, 0.15) is 17.0 Å². The number of aromatic nitrogens is 2. The maximum absolute atomic E-state index is 15.0. The van der Waals surface area contributed by atoms with Gasteiger partial charge in [-0.2, -0.15) is 0 Å². The minimum absolute atomic E-state index is 0.00307. The molecular formula is C21H22ClFN4O4. The van der Waals surface area contributed by atoms with E-state index in [0.29, 0.717) is 18.7 Å². The quantitative estimate of drug-likeness (QED) is 0.558. The van der Waals surface area contributed by atoms with Crippen LogP contribution in [0.15, 0.2) is 30.9 Å². The van der Waals surface area contributed by atoms with Crippen molar-refractivity contribution in [3.63, 3.8) is 0 Å². The molecule has 0 aliphatic carbocycles. The second kappa shape index (κ2) is 9.40. The van der Waals surface area contributed by atoms with Gasteiger partial charge in [0.25, 0.3) is 11.8 Å². The van der Waals surface area contributed by atoms with Gasteiger partial charge < -0.3 is 19.7 Å². The van der Waals surface area contributed by atoms with Crippen LogP contribution in [0.3, 0.4) is 0 Å². The number of carbonyl (C=O) groups is 2. The van der Waals surface area contributed by atoms with Crippen molar-refractivity contribution in [1.29, 1.82) is 0 Å². The van der Waals surface area contributed by atoms with Crippen LogP contribution in [-0.2, 0) is 9.53 Å². The summed E-state index contributed by atoms with van der Waals surface area (Å²) in [4.78, 5) is 34.0. The number of hydrogen-bond donors (Lipinski definition) is 1. The molecule has 0 bridgehead atoms.